The van der Waals surface area contributed by atoms with Crippen LogP contribution in [-0.2, 0) is 0 Å². The van der Waals surface area contributed by atoms with E-state index < -0.39 is 0 Å². The zero-order valence-corrected chi connectivity index (χ0v) is 10.1. The fraction of sp³-hybridized carbons (Fsp3) is 0.167. The topological polar surface area (TPSA) is 55.2 Å². The Balaban J connectivity index is 2.09. The van der Waals surface area contributed by atoms with Crippen LogP contribution in [-0.4, -0.2) is 4.92 Å². The molecule has 0 spiro atoms. The molecule has 0 amide bonds. The molecule has 0 radical (unpaired) electrons. The van der Waals surface area contributed by atoms with Crippen molar-refractivity contribution in [3.63, 3.8) is 0 Å². The predicted molar refractivity (Wildman–Crippen MR) is 69.5 cm³/mol. The highest BCUT2D eigenvalue weighted by molar-refractivity contribution is 7.08. The molecule has 88 valence electrons. The van der Waals surface area contributed by atoms with Gasteiger partial charge in [0.05, 0.1) is 4.92 Å². The second-order valence-corrected chi connectivity index (χ2v) is 4.51. The average Bonchev–Trinajstić information content (AvgIpc) is 2.82. The number of nitrogens with zero attached hydrogens (tertiary/aromatic N) is 1. The maximum Gasteiger partial charge on any atom is 0.269 e. The lowest BCUT2D eigenvalue weighted by atomic mass is 10.1. The van der Waals surface area contributed by atoms with Crippen LogP contribution in [0, 0.1) is 10.1 Å². The van der Waals surface area contributed by atoms with Crippen LogP contribution in [0.15, 0.2) is 41.1 Å². The SMILES string of the molecule is CC(Nc1ccsc1)c1ccc([N+](=O)[O-])cc1. The first-order chi connectivity index (χ1) is 8.16. The van der Waals surface area contributed by atoms with Crippen LogP contribution in [0.2, 0.25) is 0 Å². The molecule has 1 heterocycles. The number of thiophene rings is 1. The predicted octanol–water partition coefficient (Wildman–Crippen LogP) is 3.83. The van der Waals surface area contributed by atoms with E-state index in [2.05, 4.69) is 5.32 Å². The molecule has 2 rings (SSSR count). The quantitative estimate of drug-likeness (QED) is 0.660. The van der Waals surface area contributed by atoms with E-state index in [1.807, 2.05) is 23.8 Å². The summed E-state index contributed by atoms with van der Waals surface area (Å²) in [5.41, 5.74) is 2.22. The van der Waals surface area contributed by atoms with Gasteiger partial charge in [0.1, 0.15) is 0 Å². The number of nitro groups is 1. The Morgan fingerprint density at radius 2 is 2.00 bits per heavy atom. The minimum absolute atomic E-state index is 0.122. The molecule has 1 aromatic carbocycles. The summed E-state index contributed by atoms with van der Waals surface area (Å²) in [6.07, 6.45) is 0. The molecule has 0 aliphatic heterocycles. The van der Waals surface area contributed by atoms with Crippen molar-refractivity contribution in [1.82, 2.24) is 0 Å². The summed E-state index contributed by atoms with van der Waals surface area (Å²) in [4.78, 5) is 10.1. The van der Waals surface area contributed by atoms with Crippen molar-refractivity contribution in [2.45, 2.75) is 13.0 Å². The summed E-state index contributed by atoms with van der Waals surface area (Å²) in [5.74, 6) is 0. The third-order valence-electron chi connectivity index (χ3n) is 2.51. The Morgan fingerprint density at radius 1 is 1.29 bits per heavy atom. The fourth-order valence-electron chi connectivity index (χ4n) is 1.56. The van der Waals surface area contributed by atoms with Gasteiger partial charge < -0.3 is 5.32 Å². The molecule has 1 aromatic heterocycles. The molecule has 4 nitrogen and oxygen atoms in total. The lowest BCUT2D eigenvalue weighted by molar-refractivity contribution is -0.384. The van der Waals surface area contributed by atoms with Crippen molar-refractivity contribution in [3.05, 3.63) is 56.8 Å². The minimum atomic E-state index is -0.388. The Morgan fingerprint density at radius 3 is 2.53 bits per heavy atom. The number of anilines is 1. The average molecular weight is 248 g/mol. The van der Waals surface area contributed by atoms with Crippen LogP contribution >= 0.6 is 11.3 Å². The second kappa shape index (κ2) is 4.97. The van der Waals surface area contributed by atoms with Crippen LogP contribution < -0.4 is 5.32 Å². The van der Waals surface area contributed by atoms with Crippen molar-refractivity contribution < 1.29 is 4.92 Å². The van der Waals surface area contributed by atoms with Crippen molar-refractivity contribution in [2.24, 2.45) is 0 Å². The van der Waals surface area contributed by atoms with Crippen molar-refractivity contribution in [1.29, 1.82) is 0 Å². The maximum absolute atomic E-state index is 10.5. The van der Waals surface area contributed by atoms with Gasteiger partial charge in [-0.05, 0) is 23.9 Å². The Bertz CT molecular complexity index is 494. The molecule has 0 fully saturated rings. The summed E-state index contributed by atoms with van der Waals surface area (Å²) < 4.78 is 0. The summed E-state index contributed by atoms with van der Waals surface area (Å²) >= 11 is 1.63. The summed E-state index contributed by atoms with van der Waals surface area (Å²) in [6, 6.07) is 8.75. The Labute approximate surface area is 103 Å². The monoisotopic (exact) mass is 248 g/mol. The molecule has 1 N–H and O–H groups in total. The molecular formula is C12H12N2O2S. The van der Waals surface area contributed by atoms with Gasteiger partial charge in [-0.1, -0.05) is 12.1 Å². The number of nitro benzene ring substituents is 1. The number of hydrogen-bond acceptors (Lipinski definition) is 4. The third kappa shape index (κ3) is 2.82. The van der Waals surface area contributed by atoms with Crippen molar-refractivity contribution in [3.8, 4) is 0 Å². The van der Waals surface area contributed by atoms with Gasteiger partial charge in [-0.15, -0.1) is 0 Å². The molecule has 17 heavy (non-hydrogen) atoms. The normalized spacial score (nSPS) is 12.1. The van der Waals surface area contributed by atoms with Crippen molar-refractivity contribution >= 4 is 22.7 Å². The third-order valence-corrected chi connectivity index (χ3v) is 3.19. The molecule has 0 saturated heterocycles. The number of benzene rings is 1. The summed E-state index contributed by atoms with van der Waals surface area (Å²) in [7, 11) is 0. The first-order valence-electron chi connectivity index (χ1n) is 5.20. The number of non-ortho nitro benzene ring substituents is 1. The van der Waals surface area contributed by atoms with E-state index in [1.165, 1.54) is 12.1 Å². The van der Waals surface area contributed by atoms with Gasteiger partial charge in [-0.2, -0.15) is 11.3 Å². The molecule has 2 aromatic rings. The van der Waals surface area contributed by atoms with E-state index in [0.29, 0.717) is 0 Å². The van der Waals surface area contributed by atoms with E-state index in [9.17, 15) is 10.1 Å². The molecule has 1 atom stereocenters. The largest absolute Gasteiger partial charge is 0.378 e. The molecule has 0 saturated carbocycles. The highest BCUT2D eigenvalue weighted by atomic mass is 32.1. The van der Waals surface area contributed by atoms with E-state index in [1.54, 1.807) is 23.5 Å². The van der Waals surface area contributed by atoms with E-state index in [-0.39, 0.29) is 16.7 Å². The number of nitrogens with one attached hydrogen (secondary N) is 1. The first-order valence-corrected chi connectivity index (χ1v) is 6.14. The van der Waals surface area contributed by atoms with Gasteiger partial charge in [-0.25, -0.2) is 0 Å². The number of hydrogen-bond donors (Lipinski definition) is 1. The zero-order valence-electron chi connectivity index (χ0n) is 9.29. The fourth-order valence-corrected chi connectivity index (χ4v) is 2.16. The van der Waals surface area contributed by atoms with Gasteiger partial charge in [0.2, 0.25) is 0 Å². The summed E-state index contributed by atoms with van der Waals surface area (Å²) in [6.45, 7) is 2.03. The van der Waals surface area contributed by atoms with Gasteiger partial charge >= 0.3 is 0 Å². The van der Waals surface area contributed by atoms with E-state index in [0.717, 1.165) is 11.3 Å². The van der Waals surface area contributed by atoms with E-state index in [4.69, 9.17) is 0 Å². The molecule has 1 unspecified atom stereocenters. The van der Waals surface area contributed by atoms with E-state index >= 15 is 0 Å². The summed E-state index contributed by atoms with van der Waals surface area (Å²) in [5, 5.41) is 17.9. The lowest BCUT2D eigenvalue weighted by Gasteiger charge is -2.14. The first kappa shape index (κ1) is 11.6. The van der Waals surface area contributed by atoms with Crippen LogP contribution in [0.3, 0.4) is 0 Å². The molecular weight excluding hydrogens is 236 g/mol. The Kier molecular flexibility index (Phi) is 3.39. The molecule has 0 aliphatic carbocycles. The van der Waals surface area contributed by atoms with Gasteiger partial charge in [0.25, 0.3) is 5.69 Å². The van der Waals surface area contributed by atoms with Gasteiger partial charge in [-0.3, -0.25) is 10.1 Å². The van der Waals surface area contributed by atoms with Gasteiger partial charge in [0.15, 0.2) is 0 Å². The lowest BCUT2D eigenvalue weighted by Crippen LogP contribution is -2.05. The minimum Gasteiger partial charge on any atom is -0.378 e. The zero-order chi connectivity index (χ0) is 12.3. The number of rotatable bonds is 4. The second-order valence-electron chi connectivity index (χ2n) is 3.73. The van der Waals surface area contributed by atoms with Crippen LogP contribution in [0.5, 0.6) is 0 Å². The smallest absolute Gasteiger partial charge is 0.269 e. The standard InChI is InChI=1S/C12H12N2O2S/c1-9(13-11-6-7-17-8-11)10-2-4-12(5-3-10)14(15)16/h2-9,13H,1H3. The highest BCUT2D eigenvalue weighted by Crippen LogP contribution is 2.22. The molecule has 0 aliphatic rings. The highest BCUT2D eigenvalue weighted by Gasteiger charge is 2.08. The maximum atomic E-state index is 10.5. The van der Waals surface area contributed by atoms with Crippen LogP contribution in [0.1, 0.15) is 18.5 Å². The Hall–Kier alpha value is -1.88. The van der Waals surface area contributed by atoms with Crippen LogP contribution in [0.4, 0.5) is 11.4 Å². The molecule has 5 heteroatoms. The van der Waals surface area contributed by atoms with Crippen molar-refractivity contribution in [2.75, 3.05) is 5.32 Å². The van der Waals surface area contributed by atoms with Crippen LogP contribution in [0.25, 0.3) is 0 Å². The molecule has 0 bridgehead atoms. The van der Waals surface area contributed by atoms with Gasteiger partial charge in [0, 0.05) is 29.2 Å².